The van der Waals surface area contributed by atoms with Gasteiger partial charge in [-0.05, 0) is 12.1 Å². The normalized spacial score (nSPS) is 28.4. The highest BCUT2D eigenvalue weighted by atomic mass is 16.7. The van der Waals surface area contributed by atoms with Crippen molar-refractivity contribution >= 4 is 6.08 Å². The molecule has 2 aliphatic rings. The van der Waals surface area contributed by atoms with Crippen molar-refractivity contribution in [2.24, 2.45) is 0 Å². The van der Waals surface area contributed by atoms with Crippen molar-refractivity contribution in [3.8, 4) is 34.5 Å². The van der Waals surface area contributed by atoms with Crippen LogP contribution in [0.3, 0.4) is 0 Å². The molecular formula is C22H25O12+. The summed E-state index contributed by atoms with van der Waals surface area (Å²) in [5, 5.41) is 80.2. The number of methoxy groups -OCH3 is 1. The van der Waals surface area contributed by atoms with Crippen LogP contribution in [0.15, 0.2) is 30.0 Å². The minimum atomic E-state index is -1.71. The van der Waals surface area contributed by atoms with Gasteiger partial charge in [-0.3, -0.25) is 0 Å². The molecule has 2 aromatic rings. The number of fused-ring (bicyclic) bond motifs is 1. The molecule has 0 aromatic heterocycles. The van der Waals surface area contributed by atoms with Gasteiger partial charge in [-0.2, -0.15) is 0 Å². The fraction of sp³-hybridized carbons (Fsp3) is 0.364. The number of phenolic OH excluding ortho intramolecular Hbond substituents is 4. The highest BCUT2D eigenvalue weighted by Crippen LogP contribution is 2.47. The Balaban J connectivity index is 1.77. The standard InChI is InChI=1S/C22H24O12/c1-31-14-3-8(2-12(26)17(14)27)21-15(6-10-11(25)4-9(24)5-13(10)32-21)33-22-20(30)19(29)18(28)16(7-23)34-22/h2-6,16,18-30H,7H2,1H3/p+1. The van der Waals surface area contributed by atoms with Gasteiger partial charge in [0.2, 0.25) is 12.0 Å². The topological polar surface area (TPSA) is 202 Å². The van der Waals surface area contributed by atoms with E-state index in [2.05, 4.69) is 4.74 Å². The van der Waals surface area contributed by atoms with Gasteiger partial charge < -0.3 is 59.8 Å². The smallest absolute Gasteiger partial charge is 0.270 e. The van der Waals surface area contributed by atoms with Gasteiger partial charge in [0.15, 0.2) is 17.3 Å². The minimum Gasteiger partial charge on any atom is -0.571 e. The van der Waals surface area contributed by atoms with Crippen molar-refractivity contribution in [3.05, 3.63) is 41.2 Å². The first-order valence-corrected chi connectivity index (χ1v) is 10.2. The number of hydrogen-bond acceptors (Lipinski definition) is 11. The van der Waals surface area contributed by atoms with Crippen LogP contribution in [0, 0.1) is 0 Å². The highest BCUT2D eigenvalue weighted by Gasteiger charge is 2.46. The molecule has 0 saturated carbocycles. The van der Waals surface area contributed by atoms with E-state index in [4.69, 9.17) is 14.2 Å². The monoisotopic (exact) mass is 481 g/mol. The fourth-order valence-electron chi connectivity index (χ4n) is 3.85. The van der Waals surface area contributed by atoms with Gasteiger partial charge in [0.25, 0.3) is 11.9 Å². The summed E-state index contributed by atoms with van der Waals surface area (Å²) < 4.78 is 20.8. The summed E-state index contributed by atoms with van der Waals surface area (Å²) in [7, 11) is 1.28. The lowest BCUT2D eigenvalue weighted by Gasteiger charge is -2.40. The Labute approximate surface area is 192 Å². The summed E-state index contributed by atoms with van der Waals surface area (Å²) >= 11 is 0. The largest absolute Gasteiger partial charge is 0.571 e. The maximum Gasteiger partial charge on any atom is 0.270 e. The van der Waals surface area contributed by atoms with Crippen LogP contribution >= 0.6 is 0 Å². The van der Waals surface area contributed by atoms with Crippen LogP contribution in [0.25, 0.3) is 6.08 Å². The first-order valence-electron chi connectivity index (χ1n) is 10.2. The SMILES string of the molecule is COc1cc(C2[OH+]c3cc(O)cc(O)c3C=C2OC2OC(CO)C(O)C(O)C2O)cc(O)c1O. The molecule has 1 saturated heterocycles. The molecule has 2 aliphatic heterocycles. The van der Waals surface area contributed by atoms with E-state index in [0.29, 0.717) is 0 Å². The Hall–Kier alpha value is -3.42. The van der Waals surface area contributed by atoms with E-state index in [1.54, 1.807) is 0 Å². The number of aliphatic hydroxyl groups is 5. The quantitative estimate of drug-likeness (QED) is 0.205. The zero-order chi connectivity index (χ0) is 24.7. The molecule has 0 spiro atoms. The van der Waals surface area contributed by atoms with E-state index in [0.717, 1.165) is 6.07 Å². The number of rotatable bonds is 5. The van der Waals surface area contributed by atoms with Crippen LogP contribution in [-0.4, -0.2) is 90.0 Å². The van der Waals surface area contributed by atoms with Crippen LogP contribution in [0.5, 0.6) is 34.5 Å². The number of benzene rings is 2. The predicted molar refractivity (Wildman–Crippen MR) is 113 cm³/mol. The number of hydrogen-bond donors (Lipinski definition) is 8. The summed E-state index contributed by atoms with van der Waals surface area (Å²) in [5.74, 6) is -1.50. The molecule has 0 bridgehead atoms. The average Bonchev–Trinajstić information content (AvgIpc) is 2.81. The number of phenols is 4. The molecule has 12 heteroatoms. The Morgan fingerprint density at radius 2 is 1.68 bits per heavy atom. The number of aromatic hydroxyl groups is 5. The third kappa shape index (κ3) is 4.13. The average molecular weight is 481 g/mol. The Kier molecular flexibility index (Phi) is 6.34. The highest BCUT2D eigenvalue weighted by molar-refractivity contribution is 5.69. The van der Waals surface area contributed by atoms with Gasteiger partial charge >= 0.3 is 0 Å². The summed E-state index contributed by atoms with van der Waals surface area (Å²) in [6.45, 7) is -0.663. The van der Waals surface area contributed by atoms with Gasteiger partial charge in [0.1, 0.15) is 41.5 Å². The zero-order valence-electron chi connectivity index (χ0n) is 17.8. The van der Waals surface area contributed by atoms with Crippen LogP contribution in [-0.2, 0) is 9.47 Å². The predicted octanol–water partition coefficient (Wildman–Crippen LogP) is -0.329. The molecule has 34 heavy (non-hydrogen) atoms. The summed E-state index contributed by atoms with van der Waals surface area (Å²) in [5.41, 5.74) is 0.431. The Morgan fingerprint density at radius 3 is 2.35 bits per heavy atom. The number of aliphatic hydroxyl groups excluding tert-OH is 4. The molecule has 6 unspecified atom stereocenters. The molecule has 9 N–H and O–H groups in total. The molecule has 4 rings (SSSR count). The van der Waals surface area contributed by atoms with E-state index >= 15 is 0 Å². The van der Waals surface area contributed by atoms with Crippen molar-refractivity contribution in [1.82, 2.24) is 0 Å². The van der Waals surface area contributed by atoms with Gasteiger partial charge in [-0.1, -0.05) is 0 Å². The Morgan fingerprint density at radius 1 is 0.941 bits per heavy atom. The fourth-order valence-corrected chi connectivity index (χ4v) is 3.85. The summed E-state index contributed by atoms with van der Waals surface area (Å²) in [6, 6.07) is 4.96. The molecule has 1 fully saturated rings. The van der Waals surface area contributed by atoms with E-state index in [9.17, 15) is 40.9 Å². The minimum absolute atomic E-state index is 0.0232. The molecule has 2 aromatic carbocycles. The maximum absolute atomic E-state index is 10.4. The molecule has 0 aliphatic carbocycles. The second kappa shape index (κ2) is 9.08. The molecule has 12 nitrogen and oxygen atoms in total. The van der Waals surface area contributed by atoms with Crippen LogP contribution in [0.1, 0.15) is 17.2 Å². The third-order valence-electron chi connectivity index (χ3n) is 5.66. The molecule has 6 atom stereocenters. The maximum atomic E-state index is 10.4. The van der Waals surface area contributed by atoms with E-state index in [-0.39, 0.29) is 39.9 Å². The van der Waals surface area contributed by atoms with E-state index in [1.807, 2.05) is 0 Å². The van der Waals surface area contributed by atoms with Gasteiger partial charge in [0.05, 0.1) is 25.3 Å². The van der Waals surface area contributed by atoms with Gasteiger partial charge in [-0.15, -0.1) is 0 Å². The van der Waals surface area contributed by atoms with Crippen molar-refractivity contribution in [1.29, 1.82) is 0 Å². The van der Waals surface area contributed by atoms with Crippen LogP contribution in [0.2, 0.25) is 0 Å². The molecule has 184 valence electrons. The lowest BCUT2D eigenvalue weighted by atomic mass is 9.98. The van der Waals surface area contributed by atoms with Gasteiger partial charge in [0, 0.05) is 12.1 Å². The van der Waals surface area contributed by atoms with Crippen LogP contribution < -0.4 is 4.74 Å². The first kappa shape index (κ1) is 23.7. The number of ether oxygens (including phenoxy) is 4. The van der Waals surface area contributed by atoms with Crippen molar-refractivity contribution in [3.63, 3.8) is 0 Å². The Bertz CT molecular complexity index is 1100. The lowest BCUT2D eigenvalue weighted by molar-refractivity contribution is -0.295. The molecular weight excluding hydrogens is 456 g/mol. The van der Waals surface area contributed by atoms with E-state index < -0.39 is 54.9 Å². The molecule has 0 amide bonds. The third-order valence-corrected chi connectivity index (χ3v) is 5.66. The summed E-state index contributed by atoms with van der Waals surface area (Å²) in [6.07, 6.45) is -7.46. The van der Waals surface area contributed by atoms with E-state index in [1.165, 1.54) is 31.4 Å². The second-order valence-corrected chi connectivity index (χ2v) is 7.88. The zero-order valence-corrected chi connectivity index (χ0v) is 17.8. The van der Waals surface area contributed by atoms with Crippen molar-refractivity contribution in [2.45, 2.75) is 36.8 Å². The lowest BCUT2D eigenvalue weighted by Crippen LogP contribution is -2.59. The molecule has 2 heterocycles. The van der Waals surface area contributed by atoms with Crippen molar-refractivity contribution < 1.29 is 59.8 Å². The molecule has 0 radical (unpaired) electrons. The van der Waals surface area contributed by atoms with Gasteiger partial charge in [-0.25, -0.2) is 0 Å². The summed E-state index contributed by atoms with van der Waals surface area (Å²) in [4.78, 5) is 0. The van der Waals surface area contributed by atoms with Crippen molar-refractivity contribution in [2.75, 3.05) is 13.7 Å². The first-order chi connectivity index (χ1) is 16.1. The van der Waals surface area contributed by atoms with Crippen LogP contribution in [0.4, 0.5) is 0 Å². The second-order valence-electron chi connectivity index (χ2n) is 7.88.